The monoisotopic (exact) mass is 284 g/mol. The van der Waals surface area contributed by atoms with Crippen LogP contribution in [0.25, 0.3) is 0 Å². The molecule has 0 radical (unpaired) electrons. The van der Waals surface area contributed by atoms with E-state index in [-0.39, 0.29) is 6.42 Å². The lowest BCUT2D eigenvalue weighted by atomic mass is 10.3. The Labute approximate surface area is 112 Å². The van der Waals surface area contributed by atoms with E-state index in [2.05, 4.69) is 9.97 Å². The Morgan fingerprint density at radius 1 is 1.50 bits per heavy atom. The van der Waals surface area contributed by atoms with Crippen LogP contribution in [0, 0.1) is 13.8 Å². The molecule has 0 aromatic carbocycles. The number of aromatic nitrogens is 2. The molecule has 0 spiro atoms. The summed E-state index contributed by atoms with van der Waals surface area (Å²) in [7, 11) is 0. The first-order chi connectivity index (χ1) is 8.54. The highest BCUT2D eigenvalue weighted by Gasteiger charge is 2.09. The molecule has 0 fully saturated rings. The molecule has 1 N–H and O–H groups in total. The molecule has 2 heterocycles. The number of carboxylic acid groups (broad SMARTS) is 1. The van der Waals surface area contributed by atoms with Crippen molar-refractivity contribution in [2.45, 2.75) is 30.4 Å². The van der Waals surface area contributed by atoms with Gasteiger partial charge in [-0.2, -0.15) is 0 Å². The van der Waals surface area contributed by atoms with Crippen molar-refractivity contribution in [3.63, 3.8) is 0 Å². The predicted octanol–water partition coefficient (Wildman–Crippen LogP) is 2.67. The molecule has 0 saturated heterocycles. The molecular weight excluding hydrogens is 272 g/mol. The smallest absolute Gasteiger partial charge is 0.309 e. The van der Waals surface area contributed by atoms with E-state index in [1.807, 2.05) is 13.8 Å². The standard InChI is InChI=1S/C11H12N2O3S2/c1-6-7(2)16-9(12-6)5-18-11-13-8(4-17-11)3-10(14)15/h4H,3,5H2,1-2H3,(H,14,15). The highest BCUT2D eigenvalue weighted by atomic mass is 32.2. The summed E-state index contributed by atoms with van der Waals surface area (Å²) in [6.07, 6.45) is -0.0335. The Morgan fingerprint density at radius 2 is 2.28 bits per heavy atom. The van der Waals surface area contributed by atoms with E-state index in [4.69, 9.17) is 9.52 Å². The van der Waals surface area contributed by atoms with Crippen LogP contribution in [0.2, 0.25) is 0 Å². The summed E-state index contributed by atoms with van der Waals surface area (Å²) in [5.74, 6) is 1.24. The van der Waals surface area contributed by atoms with Crippen LogP contribution in [0.4, 0.5) is 0 Å². The minimum absolute atomic E-state index is 0.0335. The van der Waals surface area contributed by atoms with Gasteiger partial charge in [-0.3, -0.25) is 4.79 Å². The predicted molar refractivity (Wildman–Crippen MR) is 69.0 cm³/mol. The number of oxazole rings is 1. The van der Waals surface area contributed by atoms with Crippen LogP contribution in [0.15, 0.2) is 14.1 Å². The summed E-state index contributed by atoms with van der Waals surface area (Å²) < 4.78 is 6.29. The lowest BCUT2D eigenvalue weighted by Gasteiger charge is -1.92. The van der Waals surface area contributed by atoms with Crippen LogP contribution in [-0.4, -0.2) is 21.0 Å². The summed E-state index contributed by atoms with van der Waals surface area (Å²) in [5.41, 5.74) is 1.49. The molecule has 2 aromatic rings. The van der Waals surface area contributed by atoms with Crippen molar-refractivity contribution >= 4 is 29.1 Å². The maximum atomic E-state index is 10.5. The van der Waals surface area contributed by atoms with Gasteiger partial charge in [0, 0.05) is 5.38 Å². The molecule has 2 rings (SSSR count). The summed E-state index contributed by atoms with van der Waals surface area (Å²) >= 11 is 2.94. The third kappa shape index (κ3) is 3.33. The summed E-state index contributed by atoms with van der Waals surface area (Å²) in [6, 6.07) is 0. The second-order valence-corrected chi connectivity index (χ2v) is 5.79. The van der Waals surface area contributed by atoms with Gasteiger partial charge in [-0.15, -0.1) is 11.3 Å². The molecule has 0 aliphatic heterocycles. The number of carboxylic acids is 1. The zero-order valence-electron chi connectivity index (χ0n) is 9.97. The highest BCUT2D eigenvalue weighted by Crippen LogP contribution is 2.26. The topological polar surface area (TPSA) is 76.2 Å². The van der Waals surface area contributed by atoms with Crippen molar-refractivity contribution in [3.05, 3.63) is 28.4 Å². The van der Waals surface area contributed by atoms with Crippen molar-refractivity contribution in [2.24, 2.45) is 0 Å². The highest BCUT2D eigenvalue weighted by molar-refractivity contribution is 8.00. The van der Waals surface area contributed by atoms with Crippen LogP contribution in [0.3, 0.4) is 0 Å². The first-order valence-electron chi connectivity index (χ1n) is 5.26. The molecule has 0 aliphatic rings. The largest absolute Gasteiger partial charge is 0.481 e. The van der Waals surface area contributed by atoms with Crippen LogP contribution in [0.1, 0.15) is 23.0 Å². The zero-order valence-corrected chi connectivity index (χ0v) is 11.6. The molecule has 0 unspecified atom stereocenters. The number of carbonyl (C=O) groups is 1. The van der Waals surface area contributed by atoms with E-state index in [1.54, 1.807) is 5.38 Å². The molecule has 2 aromatic heterocycles. The van der Waals surface area contributed by atoms with Crippen LogP contribution >= 0.6 is 23.1 Å². The number of aliphatic carboxylic acids is 1. The van der Waals surface area contributed by atoms with Crippen molar-refractivity contribution in [1.29, 1.82) is 0 Å². The van der Waals surface area contributed by atoms with Crippen LogP contribution in [0.5, 0.6) is 0 Å². The quantitative estimate of drug-likeness (QED) is 0.851. The molecule has 0 saturated carbocycles. The number of rotatable bonds is 5. The number of aryl methyl sites for hydroxylation is 2. The molecule has 0 aliphatic carbocycles. The minimum atomic E-state index is -0.865. The third-order valence-electron chi connectivity index (χ3n) is 2.25. The molecule has 18 heavy (non-hydrogen) atoms. The van der Waals surface area contributed by atoms with Gasteiger partial charge in [0.2, 0.25) is 5.89 Å². The fraction of sp³-hybridized carbons (Fsp3) is 0.364. The Hall–Kier alpha value is -1.34. The van der Waals surface area contributed by atoms with Gasteiger partial charge in [0.1, 0.15) is 5.76 Å². The Morgan fingerprint density at radius 3 is 2.89 bits per heavy atom. The number of thioether (sulfide) groups is 1. The molecule has 7 heteroatoms. The van der Waals surface area contributed by atoms with Gasteiger partial charge < -0.3 is 9.52 Å². The van der Waals surface area contributed by atoms with Gasteiger partial charge in [-0.1, -0.05) is 11.8 Å². The average Bonchev–Trinajstić information content (AvgIpc) is 2.84. The van der Waals surface area contributed by atoms with E-state index < -0.39 is 5.97 Å². The first-order valence-corrected chi connectivity index (χ1v) is 7.13. The van der Waals surface area contributed by atoms with Gasteiger partial charge in [-0.25, -0.2) is 9.97 Å². The Kier molecular flexibility index (Phi) is 4.03. The molecule has 0 amide bonds. The zero-order chi connectivity index (χ0) is 13.1. The third-order valence-corrected chi connectivity index (χ3v) is 4.31. The van der Waals surface area contributed by atoms with Crippen molar-refractivity contribution in [2.75, 3.05) is 0 Å². The van der Waals surface area contributed by atoms with Crippen LogP contribution < -0.4 is 0 Å². The lowest BCUT2D eigenvalue weighted by molar-refractivity contribution is -0.136. The number of nitrogens with zero attached hydrogens (tertiary/aromatic N) is 2. The van der Waals surface area contributed by atoms with Gasteiger partial charge in [0.25, 0.3) is 0 Å². The first kappa shape index (κ1) is 13.1. The van der Waals surface area contributed by atoms with Crippen molar-refractivity contribution in [3.8, 4) is 0 Å². The fourth-order valence-corrected chi connectivity index (χ4v) is 3.00. The summed E-state index contributed by atoms with van der Waals surface area (Å²) in [4.78, 5) is 19.0. The number of hydrogen-bond donors (Lipinski definition) is 1. The normalized spacial score (nSPS) is 10.8. The van der Waals surface area contributed by atoms with E-state index in [9.17, 15) is 4.79 Å². The number of thiazole rings is 1. The molecule has 0 atom stereocenters. The summed E-state index contributed by atoms with van der Waals surface area (Å²) in [5, 5.41) is 10.4. The summed E-state index contributed by atoms with van der Waals surface area (Å²) in [6.45, 7) is 3.78. The van der Waals surface area contributed by atoms with Gasteiger partial charge in [0.15, 0.2) is 4.34 Å². The molecule has 0 bridgehead atoms. The van der Waals surface area contributed by atoms with Crippen molar-refractivity contribution in [1.82, 2.24) is 9.97 Å². The maximum Gasteiger partial charge on any atom is 0.309 e. The fourth-order valence-electron chi connectivity index (χ4n) is 1.32. The minimum Gasteiger partial charge on any atom is -0.481 e. The van der Waals surface area contributed by atoms with E-state index in [0.29, 0.717) is 17.3 Å². The van der Waals surface area contributed by atoms with Gasteiger partial charge in [-0.05, 0) is 13.8 Å². The van der Waals surface area contributed by atoms with Gasteiger partial charge >= 0.3 is 5.97 Å². The second-order valence-electron chi connectivity index (χ2n) is 3.71. The van der Waals surface area contributed by atoms with Crippen LogP contribution in [-0.2, 0) is 17.0 Å². The SMILES string of the molecule is Cc1nc(CSc2nc(CC(=O)O)cs2)oc1C. The maximum absolute atomic E-state index is 10.5. The Balaban J connectivity index is 1.93. The van der Waals surface area contributed by atoms with E-state index in [1.165, 1.54) is 23.1 Å². The van der Waals surface area contributed by atoms with Crippen molar-refractivity contribution < 1.29 is 14.3 Å². The average molecular weight is 284 g/mol. The van der Waals surface area contributed by atoms with E-state index >= 15 is 0 Å². The second kappa shape index (κ2) is 5.53. The molecule has 5 nitrogen and oxygen atoms in total. The molecular formula is C11H12N2O3S2. The van der Waals surface area contributed by atoms with Gasteiger partial charge in [0.05, 0.1) is 23.6 Å². The van der Waals surface area contributed by atoms with E-state index in [0.717, 1.165) is 15.8 Å². The molecule has 96 valence electrons. The lowest BCUT2D eigenvalue weighted by Crippen LogP contribution is -1.99. The number of hydrogen-bond acceptors (Lipinski definition) is 6. The Bertz CT molecular complexity index is 543.